The molecule has 2 rings (SSSR count). The minimum atomic E-state index is -0.878. The van der Waals surface area contributed by atoms with Gasteiger partial charge in [-0.3, -0.25) is 9.59 Å². The molecule has 0 bridgehead atoms. The van der Waals surface area contributed by atoms with Crippen molar-refractivity contribution in [3.05, 3.63) is 28.8 Å². The van der Waals surface area contributed by atoms with E-state index in [0.717, 1.165) is 18.4 Å². The Morgan fingerprint density at radius 3 is 2.64 bits per heavy atom. The van der Waals surface area contributed by atoms with Crippen LogP contribution in [0.15, 0.2) is 18.2 Å². The second kappa shape index (κ2) is 6.69. The van der Waals surface area contributed by atoms with E-state index in [0.29, 0.717) is 30.1 Å². The number of rotatable bonds is 6. The lowest BCUT2D eigenvalue weighted by atomic mass is 10.0. The molecule has 0 radical (unpaired) electrons. The largest absolute Gasteiger partial charge is 0.345 e. The summed E-state index contributed by atoms with van der Waals surface area (Å²) in [6.07, 6.45) is 3.22. The maximum Gasteiger partial charge on any atom is 0.240 e. The predicted octanol–water partition coefficient (Wildman–Crippen LogP) is 3.63. The normalized spacial score (nSPS) is 15.3. The number of hydrogen-bond acceptors (Lipinski definition) is 2. The third-order valence-electron chi connectivity index (χ3n) is 4.30. The highest BCUT2D eigenvalue weighted by Gasteiger charge is 2.57. The van der Waals surface area contributed by atoms with Gasteiger partial charge in [0.2, 0.25) is 11.8 Å². The molecule has 0 aromatic heterocycles. The topological polar surface area (TPSA) is 49.4 Å². The summed E-state index contributed by atoms with van der Waals surface area (Å²) in [5.41, 5.74) is 0.616. The molecule has 120 valence electrons. The second-order valence-corrected chi connectivity index (χ2v) is 6.44. The Morgan fingerprint density at radius 2 is 2.05 bits per heavy atom. The van der Waals surface area contributed by atoms with Crippen LogP contribution in [0.4, 0.5) is 5.69 Å². The molecule has 22 heavy (non-hydrogen) atoms. The van der Waals surface area contributed by atoms with E-state index < -0.39 is 5.41 Å². The molecule has 4 nitrogen and oxygen atoms in total. The summed E-state index contributed by atoms with van der Waals surface area (Å²) in [6, 6.07) is 5.38. The van der Waals surface area contributed by atoms with Crippen molar-refractivity contribution in [2.75, 3.05) is 18.9 Å². The molecule has 1 aromatic rings. The molecule has 0 aliphatic heterocycles. The molecule has 1 aliphatic rings. The lowest BCUT2D eigenvalue weighted by molar-refractivity contribution is -0.141. The summed E-state index contributed by atoms with van der Waals surface area (Å²) < 4.78 is 0. The van der Waals surface area contributed by atoms with Crippen molar-refractivity contribution in [2.45, 2.75) is 39.5 Å². The Balaban J connectivity index is 2.08. The third kappa shape index (κ3) is 3.27. The van der Waals surface area contributed by atoms with E-state index in [1.54, 1.807) is 30.1 Å². The quantitative estimate of drug-likeness (QED) is 0.813. The maximum absolute atomic E-state index is 12.6. The van der Waals surface area contributed by atoms with Gasteiger partial charge in [-0.15, -0.1) is 0 Å². The van der Waals surface area contributed by atoms with Gasteiger partial charge >= 0.3 is 0 Å². The summed E-state index contributed by atoms with van der Waals surface area (Å²) in [5.74, 6) is -0.288. The van der Waals surface area contributed by atoms with Crippen molar-refractivity contribution < 1.29 is 9.59 Å². The van der Waals surface area contributed by atoms with Crippen LogP contribution in [0.3, 0.4) is 0 Å². The Hall–Kier alpha value is -1.55. The lowest BCUT2D eigenvalue weighted by Crippen LogP contribution is -2.41. The van der Waals surface area contributed by atoms with Gasteiger partial charge in [-0.05, 0) is 43.9 Å². The smallest absolute Gasteiger partial charge is 0.240 e. The zero-order valence-electron chi connectivity index (χ0n) is 13.4. The maximum atomic E-state index is 12.6. The van der Waals surface area contributed by atoms with Gasteiger partial charge in [-0.1, -0.05) is 31.0 Å². The summed E-state index contributed by atoms with van der Waals surface area (Å²) in [4.78, 5) is 26.8. The zero-order valence-corrected chi connectivity index (χ0v) is 14.2. The minimum Gasteiger partial charge on any atom is -0.345 e. The van der Waals surface area contributed by atoms with Gasteiger partial charge < -0.3 is 10.2 Å². The zero-order chi connectivity index (χ0) is 16.3. The summed E-state index contributed by atoms with van der Waals surface area (Å²) in [7, 11) is 1.77. The van der Waals surface area contributed by atoms with Gasteiger partial charge in [0.05, 0.1) is 0 Å². The van der Waals surface area contributed by atoms with E-state index in [1.807, 2.05) is 6.92 Å². The first-order chi connectivity index (χ1) is 10.4. The Kier molecular flexibility index (Phi) is 5.12. The standard InChI is InChI=1S/C17H23ClN2O2/c1-4-5-11-20(3)16(22)17(9-10-17)15(21)19-14-8-6-7-13(18)12(14)2/h6-8H,4-5,9-11H2,1-3H3,(H,19,21). The monoisotopic (exact) mass is 322 g/mol. The average molecular weight is 323 g/mol. The Bertz CT molecular complexity index is 582. The number of carbonyl (C=O) groups is 2. The van der Waals surface area contributed by atoms with Crippen LogP contribution < -0.4 is 5.32 Å². The number of benzene rings is 1. The SMILES string of the molecule is CCCCN(C)C(=O)C1(C(=O)Nc2cccc(Cl)c2C)CC1. The summed E-state index contributed by atoms with van der Waals surface area (Å²) in [5, 5.41) is 3.48. The van der Waals surface area contributed by atoms with Crippen molar-refractivity contribution >= 4 is 29.1 Å². The number of unbranched alkanes of at least 4 members (excludes halogenated alkanes) is 1. The fourth-order valence-electron chi connectivity index (χ4n) is 2.51. The molecule has 0 spiro atoms. The summed E-state index contributed by atoms with van der Waals surface area (Å²) >= 11 is 6.07. The molecule has 1 saturated carbocycles. The van der Waals surface area contributed by atoms with Crippen LogP contribution in [0.5, 0.6) is 0 Å². The first-order valence-electron chi connectivity index (χ1n) is 7.74. The first-order valence-corrected chi connectivity index (χ1v) is 8.12. The van der Waals surface area contributed by atoms with Crippen LogP contribution in [0.25, 0.3) is 0 Å². The second-order valence-electron chi connectivity index (χ2n) is 6.03. The van der Waals surface area contributed by atoms with Crippen molar-refractivity contribution in [3.63, 3.8) is 0 Å². The highest BCUT2D eigenvalue weighted by Crippen LogP contribution is 2.48. The van der Waals surface area contributed by atoms with Crippen LogP contribution in [-0.2, 0) is 9.59 Å². The summed E-state index contributed by atoms with van der Waals surface area (Å²) in [6.45, 7) is 4.63. The van der Waals surface area contributed by atoms with Crippen LogP contribution in [0.2, 0.25) is 5.02 Å². The van der Waals surface area contributed by atoms with Crippen molar-refractivity contribution in [1.29, 1.82) is 0 Å². The van der Waals surface area contributed by atoms with Gasteiger partial charge in [-0.2, -0.15) is 0 Å². The van der Waals surface area contributed by atoms with Gasteiger partial charge in [0, 0.05) is 24.3 Å². The molecular weight excluding hydrogens is 300 g/mol. The molecular formula is C17H23ClN2O2. The van der Waals surface area contributed by atoms with Crippen LogP contribution in [0.1, 0.15) is 38.2 Å². The third-order valence-corrected chi connectivity index (χ3v) is 4.71. The number of amides is 2. The number of carbonyl (C=O) groups excluding carboxylic acids is 2. The van der Waals surface area contributed by atoms with E-state index in [-0.39, 0.29) is 11.8 Å². The fourth-order valence-corrected chi connectivity index (χ4v) is 2.68. The molecule has 2 amide bonds. The van der Waals surface area contributed by atoms with E-state index in [1.165, 1.54) is 0 Å². The van der Waals surface area contributed by atoms with Gasteiger partial charge in [0.25, 0.3) is 0 Å². The predicted molar refractivity (Wildman–Crippen MR) is 89.0 cm³/mol. The van der Waals surface area contributed by atoms with Crippen molar-refractivity contribution in [2.24, 2.45) is 5.41 Å². The highest BCUT2D eigenvalue weighted by atomic mass is 35.5. The van der Waals surface area contributed by atoms with Gasteiger partial charge in [-0.25, -0.2) is 0 Å². The molecule has 5 heteroatoms. The first kappa shape index (κ1) is 16.8. The molecule has 1 aliphatic carbocycles. The lowest BCUT2D eigenvalue weighted by Gasteiger charge is -2.23. The Labute approximate surface area is 136 Å². The Morgan fingerprint density at radius 1 is 1.36 bits per heavy atom. The molecule has 0 saturated heterocycles. The molecule has 1 fully saturated rings. The van der Waals surface area contributed by atoms with Crippen LogP contribution in [0, 0.1) is 12.3 Å². The number of nitrogens with one attached hydrogen (secondary N) is 1. The van der Waals surface area contributed by atoms with Crippen LogP contribution >= 0.6 is 11.6 Å². The number of hydrogen-bond donors (Lipinski definition) is 1. The van der Waals surface area contributed by atoms with Gasteiger partial charge in [0.15, 0.2) is 0 Å². The molecule has 1 N–H and O–H groups in total. The number of halogens is 1. The molecule has 0 heterocycles. The van der Waals surface area contributed by atoms with Crippen LogP contribution in [-0.4, -0.2) is 30.3 Å². The van der Waals surface area contributed by atoms with E-state index in [4.69, 9.17) is 11.6 Å². The highest BCUT2D eigenvalue weighted by molar-refractivity contribution is 6.31. The van der Waals surface area contributed by atoms with Gasteiger partial charge in [0.1, 0.15) is 5.41 Å². The molecule has 0 atom stereocenters. The number of nitrogens with zero attached hydrogens (tertiary/aromatic N) is 1. The van der Waals surface area contributed by atoms with E-state index in [9.17, 15) is 9.59 Å². The molecule has 0 unspecified atom stereocenters. The van der Waals surface area contributed by atoms with E-state index >= 15 is 0 Å². The number of anilines is 1. The average Bonchev–Trinajstić information content (AvgIpc) is 3.30. The fraction of sp³-hybridized carbons (Fsp3) is 0.529. The minimum absolute atomic E-state index is 0.0712. The van der Waals surface area contributed by atoms with Crippen molar-refractivity contribution in [1.82, 2.24) is 4.90 Å². The molecule has 1 aromatic carbocycles. The van der Waals surface area contributed by atoms with Crippen molar-refractivity contribution in [3.8, 4) is 0 Å². The van der Waals surface area contributed by atoms with E-state index in [2.05, 4.69) is 12.2 Å².